The summed E-state index contributed by atoms with van der Waals surface area (Å²) in [5, 5.41) is 1.22. The van der Waals surface area contributed by atoms with E-state index in [0.717, 1.165) is 24.6 Å². The van der Waals surface area contributed by atoms with Crippen LogP contribution in [0.1, 0.15) is 68.8 Å². The molecule has 4 heterocycles. The van der Waals surface area contributed by atoms with Crippen molar-refractivity contribution in [2.45, 2.75) is 70.5 Å². The van der Waals surface area contributed by atoms with Crippen LogP contribution in [0.4, 0.5) is 0 Å². The highest BCUT2D eigenvalue weighted by Crippen LogP contribution is 2.45. The molecular formula is C27H35N3O. The minimum Gasteiger partial charge on any atom is -0.345 e. The van der Waals surface area contributed by atoms with E-state index in [2.05, 4.69) is 58.7 Å². The van der Waals surface area contributed by atoms with Crippen LogP contribution in [0.15, 0.2) is 42.1 Å². The Bertz CT molecular complexity index is 1030. The fraction of sp³-hybridized carbons (Fsp3) is 0.593. The number of nitrogens with zero attached hydrogens (tertiary/aromatic N) is 3. The summed E-state index contributed by atoms with van der Waals surface area (Å²) in [6.07, 6.45) is 12.4. The first kappa shape index (κ1) is 19.6. The second-order valence-corrected chi connectivity index (χ2v) is 10.6. The molecule has 0 radical (unpaired) electrons. The summed E-state index contributed by atoms with van der Waals surface area (Å²) in [7, 11) is 0. The van der Waals surface area contributed by atoms with Crippen LogP contribution < -0.4 is 0 Å². The number of hydrogen-bond donors (Lipinski definition) is 0. The first-order chi connectivity index (χ1) is 15.1. The summed E-state index contributed by atoms with van der Waals surface area (Å²) in [5.41, 5.74) is 3.59. The fourth-order valence-electron chi connectivity index (χ4n) is 7.10. The third-order valence-electron chi connectivity index (χ3n) is 8.44. The Morgan fingerprint density at radius 1 is 1.10 bits per heavy atom. The second kappa shape index (κ2) is 7.51. The molecule has 164 valence electrons. The van der Waals surface area contributed by atoms with Crippen molar-refractivity contribution in [2.24, 2.45) is 11.8 Å². The van der Waals surface area contributed by atoms with Gasteiger partial charge in [-0.25, -0.2) is 0 Å². The number of fused-ring (bicyclic) bond motifs is 7. The molecule has 0 N–H and O–H groups in total. The third-order valence-corrected chi connectivity index (χ3v) is 8.44. The minimum absolute atomic E-state index is 0.230. The number of aromatic nitrogens is 1. The van der Waals surface area contributed by atoms with Crippen LogP contribution in [-0.4, -0.2) is 52.0 Å². The van der Waals surface area contributed by atoms with E-state index in [1.54, 1.807) is 5.57 Å². The predicted molar refractivity (Wildman–Crippen MR) is 125 cm³/mol. The van der Waals surface area contributed by atoms with E-state index < -0.39 is 0 Å². The Hall–Kier alpha value is -2.07. The molecule has 2 unspecified atom stereocenters. The van der Waals surface area contributed by atoms with Crippen LogP contribution in [0.3, 0.4) is 0 Å². The Kier molecular flexibility index (Phi) is 4.75. The highest BCUT2D eigenvalue weighted by molar-refractivity contribution is 5.98. The van der Waals surface area contributed by atoms with E-state index in [1.165, 1.54) is 56.1 Å². The lowest BCUT2D eigenvalue weighted by molar-refractivity contribution is 0.00148. The predicted octanol–water partition coefficient (Wildman–Crippen LogP) is 5.26. The molecule has 6 rings (SSSR count). The molecule has 4 aliphatic rings. The largest absolute Gasteiger partial charge is 0.345 e. The first-order valence-electron chi connectivity index (χ1n) is 12.5. The molecule has 1 amide bonds. The van der Waals surface area contributed by atoms with E-state index in [1.807, 2.05) is 6.07 Å². The van der Waals surface area contributed by atoms with E-state index in [9.17, 15) is 4.79 Å². The maximum atomic E-state index is 13.8. The number of likely N-dealkylation sites (tertiary alicyclic amines) is 1. The van der Waals surface area contributed by atoms with Crippen molar-refractivity contribution in [1.29, 1.82) is 0 Å². The Labute approximate surface area is 185 Å². The van der Waals surface area contributed by atoms with Gasteiger partial charge in [0.2, 0.25) is 0 Å². The molecule has 4 atom stereocenters. The van der Waals surface area contributed by atoms with Crippen LogP contribution in [0, 0.1) is 11.8 Å². The lowest BCUT2D eigenvalue weighted by Gasteiger charge is -2.54. The molecule has 0 saturated carbocycles. The molecule has 4 heteroatoms. The van der Waals surface area contributed by atoms with Gasteiger partial charge in [-0.2, -0.15) is 0 Å². The van der Waals surface area contributed by atoms with E-state index in [-0.39, 0.29) is 5.91 Å². The van der Waals surface area contributed by atoms with Crippen molar-refractivity contribution in [1.82, 2.24) is 14.4 Å². The van der Waals surface area contributed by atoms with Gasteiger partial charge in [0, 0.05) is 42.5 Å². The number of hydrogen-bond acceptors (Lipinski definition) is 2. The van der Waals surface area contributed by atoms with E-state index >= 15 is 0 Å². The Balaban J connectivity index is 1.33. The van der Waals surface area contributed by atoms with Gasteiger partial charge in [-0.3, -0.25) is 9.69 Å². The van der Waals surface area contributed by atoms with Crippen LogP contribution in [0.5, 0.6) is 0 Å². The smallest absolute Gasteiger partial charge is 0.254 e. The Morgan fingerprint density at radius 3 is 2.87 bits per heavy atom. The summed E-state index contributed by atoms with van der Waals surface area (Å²) in [6, 6.07) is 9.91. The summed E-state index contributed by atoms with van der Waals surface area (Å²) in [4.78, 5) is 18.8. The van der Waals surface area contributed by atoms with Gasteiger partial charge in [-0.05, 0) is 87.9 Å². The SMILES string of the molecule is CC(C)n1ccc2ccc(C(=O)N3CCCC4=C[C@H]5C[C@@H](CN6CCCCC56)C43)cc21. The summed E-state index contributed by atoms with van der Waals surface area (Å²) < 4.78 is 2.27. The van der Waals surface area contributed by atoms with Crippen LogP contribution in [0.2, 0.25) is 0 Å². The van der Waals surface area contributed by atoms with Crippen LogP contribution in [-0.2, 0) is 0 Å². The summed E-state index contributed by atoms with van der Waals surface area (Å²) in [5.74, 6) is 1.55. The molecule has 2 bridgehead atoms. The van der Waals surface area contributed by atoms with Crippen LogP contribution in [0.25, 0.3) is 10.9 Å². The maximum Gasteiger partial charge on any atom is 0.254 e. The zero-order chi connectivity index (χ0) is 21.1. The Morgan fingerprint density at radius 2 is 2.00 bits per heavy atom. The summed E-state index contributed by atoms with van der Waals surface area (Å²) in [6.45, 7) is 7.73. The van der Waals surface area contributed by atoms with E-state index in [4.69, 9.17) is 0 Å². The van der Waals surface area contributed by atoms with Gasteiger partial charge >= 0.3 is 0 Å². The quantitative estimate of drug-likeness (QED) is 0.624. The second-order valence-electron chi connectivity index (χ2n) is 10.6. The molecular weight excluding hydrogens is 382 g/mol. The summed E-state index contributed by atoms with van der Waals surface area (Å²) >= 11 is 0. The highest BCUT2D eigenvalue weighted by Gasteiger charge is 2.47. The van der Waals surface area contributed by atoms with Crippen molar-refractivity contribution in [2.75, 3.05) is 19.6 Å². The third kappa shape index (κ3) is 3.17. The molecule has 1 aliphatic carbocycles. The minimum atomic E-state index is 0.230. The van der Waals surface area contributed by atoms with Gasteiger partial charge in [0.25, 0.3) is 5.91 Å². The maximum absolute atomic E-state index is 13.8. The van der Waals surface area contributed by atoms with Gasteiger partial charge in [0.05, 0.1) is 6.04 Å². The molecule has 1 aromatic heterocycles. The number of carbonyl (C=O) groups is 1. The molecule has 2 aromatic rings. The van der Waals surface area contributed by atoms with Crippen molar-refractivity contribution in [3.05, 3.63) is 47.7 Å². The normalized spacial score (nSPS) is 30.8. The zero-order valence-electron chi connectivity index (χ0n) is 19.0. The number of amides is 1. The monoisotopic (exact) mass is 417 g/mol. The van der Waals surface area contributed by atoms with Crippen molar-refractivity contribution < 1.29 is 4.79 Å². The molecule has 31 heavy (non-hydrogen) atoms. The zero-order valence-corrected chi connectivity index (χ0v) is 19.0. The van der Waals surface area contributed by atoms with Crippen molar-refractivity contribution in [3.8, 4) is 0 Å². The van der Waals surface area contributed by atoms with Gasteiger partial charge in [0.15, 0.2) is 0 Å². The average Bonchev–Trinajstić information content (AvgIpc) is 3.22. The van der Waals surface area contributed by atoms with Gasteiger partial charge in [-0.1, -0.05) is 24.1 Å². The van der Waals surface area contributed by atoms with Gasteiger partial charge in [-0.15, -0.1) is 0 Å². The molecule has 4 nitrogen and oxygen atoms in total. The molecule has 3 aliphatic heterocycles. The lowest BCUT2D eigenvalue weighted by Crippen LogP contribution is -2.60. The fourth-order valence-corrected chi connectivity index (χ4v) is 7.10. The van der Waals surface area contributed by atoms with Crippen molar-refractivity contribution >= 4 is 16.8 Å². The molecule has 1 aromatic carbocycles. The molecule has 0 spiro atoms. The first-order valence-corrected chi connectivity index (χ1v) is 12.5. The van der Waals surface area contributed by atoms with Crippen LogP contribution >= 0.6 is 0 Å². The van der Waals surface area contributed by atoms with Gasteiger partial charge in [0.1, 0.15) is 0 Å². The lowest BCUT2D eigenvalue weighted by atomic mass is 9.68. The number of benzene rings is 1. The standard InChI is InChI=1S/C27H35N3O/c1-18(2)29-13-10-19-8-9-21(16-25(19)29)27(31)30-12-5-6-20-14-22-15-23(26(20)30)17-28-11-4-3-7-24(22)28/h8-10,13-14,16,18,22-24,26H,3-7,11-12,15,17H2,1-2H3/t22-,23-,24?,26?/m0/s1. The van der Waals surface area contributed by atoms with Crippen molar-refractivity contribution in [3.63, 3.8) is 0 Å². The topological polar surface area (TPSA) is 28.5 Å². The number of rotatable bonds is 2. The molecule has 3 saturated heterocycles. The average molecular weight is 418 g/mol. The molecule has 3 fully saturated rings. The highest BCUT2D eigenvalue weighted by atomic mass is 16.2. The van der Waals surface area contributed by atoms with Gasteiger partial charge < -0.3 is 9.47 Å². The van der Waals surface area contributed by atoms with E-state index in [0.29, 0.717) is 23.9 Å². The number of piperidine rings is 3. The number of carbonyl (C=O) groups excluding carboxylic acids is 1.